The molecule has 0 aliphatic rings. The van der Waals surface area contributed by atoms with Crippen LogP contribution >= 0.6 is 0 Å². The fourth-order valence-electron chi connectivity index (χ4n) is 3.56. The number of aromatic nitrogens is 1. The van der Waals surface area contributed by atoms with Crippen LogP contribution < -0.4 is 10.1 Å². The molecule has 4 rings (SSSR count). The maximum atomic E-state index is 12.9. The van der Waals surface area contributed by atoms with Gasteiger partial charge in [-0.2, -0.15) is 0 Å². The van der Waals surface area contributed by atoms with Crippen LogP contribution in [-0.4, -0.2) is 22.9 Å². The molecule has 0 saturated carbocycles. The third-order valence-electron chi connectivity index (χ3n) is 5.18. The number of ether oxygens (including phenoxy) is 1. The van der Waals surface area contributed by atoms with E-state index in [4.69, 9.17) is 4.74 Å². The van der Waals surface area contributed by atoms with E-state index in [1.54, 1.807) is 6.20 Å². The van der Waals surface area contributed by atoms with E-state index < -0.39 is 0 Å². The van der Waals surface area contributed by atoms with Crippen LogP contribution in [0.3, 0.4) is 0 Å². The smallest absolute Gasteiger partial charge is 0.244 e. The lowest BCUT2D eigenvalue weighted by Gasteiger charge is -2.10. The Balaban J connectivity index is 1.54. The Hall–Kier alpha value is -3.86. The summed E-state index contributed by atoms with van der Waals surface area (Å²) < 4.78 is 7.44. The van der Waals surface area contributed by atoms with Gasteiger partial charge >= 0.3 is 0 Å². The second kappa shape index (κ2) is 8.88. The van der Waals surface area contributed by atoms with Crippen LogP contribution in [0.25, 0.3) is 10.9 Å². The van der Waals surface area contributed by atoms with Crippen LogP contribution in [0.2, 0.25) is 0 Å². The highest BCUT2D eigenvalue weighted by atomic mass is 16.5. The van der Waals surface area contributed by atoms with E-state index in [2.05, 4.69) is 5.32 Å². The molecule has 5 heteroatoms. The molecule has 1 heterocycles. The number of nitrogens with one attached hydrogen (secondary N) is 1. The van der Waals surface area contributed by atoms with Gasteiger partial charge in [-0.05, 0) is 49.2 Å². The summed E-state index contributed by atoms with van der Waals surface area (Å²) >= 11 is 0. The molecular weight excluding hydrogens is 388 g/mol. The third kappa shape index (κ3) is 4.67. The Morgan fingerprint density at radius 3 is 2.48 bits per heavy atom. The van der Waals surface area contributed by atoms with Crippen molar-refractivity contribution < 1.29 is 14.3 Å². The number of hydrogen-bond donors (Lipinski definition) is 1. The normalized spacial score (nSPS) is 10.8. The van der Waals surface area contributed by atoms with Gasteiger partial charge in [0.2, 0.25) is 11.7 Å². The average Bonchev–Trinajstić information content (AvgIpc) is 3.14. The molecule has 0 aliphatic carbocycles. The minimum atomic E-state index is -0.144. The van der Waals surface area contributed by atoms with E-state index >= 15 is 0 Å². The Kier molecular flexibility index (Phi) is 5.85. The summed E-state index contributed by atoms with van der Waals surface area (Å²) in [6, 6.07) is 22.8. The topological polar surface area (TPSA) is 60.3 Å². The minimum Gasteiger partial charge on any atom is -0.485 e. The molecule has 1 aromatic heterocycles. The first-order valence-electron chi connectivity index (χ1n) is 10.2. The van der Waals surface area contributed by atoms with E-state index in [0.717, 1.165) is 27.7 Å². The molecule has 1 amide bonds. The Labute approximate surface area is 181 Å². The van der Waals surface area contributed by atoms with Crippen molar-refractivity contribution in [3.63, 3.8) is 0 Å². The van der Waals surface area contributed by atoms with Gasteiger partial charge in [0, 0.05) is 28.4 Å². The number of anilines is 1. The number of aryl methyl sites for hydroxylation is 2. The van der Waals surface area contributed by atoms with E-state index in [9.17, 15) is 9.59 Å². The monoisotopic (exact) mass is 412 g/mol. The van der Waals surface area contributed by atoms with Gasteiger partial charge in [-0.3, -0.25) is 9.59 Å². The summed E-state index contributed by atoms with van der Waals surface area (Å²) in [5, 5.41) is 3.79. The van der Waals surface area contributed by atoms with Crippen molar-refractivity contribution in [2.45, 2.75) is 20.4 Å². The van der Waals surface area contributed by atoms with Gasteiger partial charge < -0.3 is 14.6 Å². The van der Waals surface area contributed by atoms with Gasteiger partial charge in [0.25, 0.3) is 0 Å². The van der Waals surface area contributed by atoms with Crippen molar-refractivity contribution in [1.29, 1.82) is 0 Å². The Morgan fingerprint density at radius 1 is 0.935 bits per heavy atom. The fourth-order valence-corrected chi connectivity index (χ4v) is 3.56. The van der Waals surface area contributed by atoms with Crippen molar-refractivity contribution in [3.8, 4) is 5.75 Å². The number of rotatable bonds is 7. The van der Waals surface area contributed by atoms with Gasteiger partial charge in [0.1, 0.15) is 12.3 Å². The number of carbonyl (C=O) groups excluding carboxylic acids is 2. The molecule has 0 spiro atoms. The lowest BCUT2D eigenvalue weighted by molar-refractivity contribution is -0.116. The van der Waals surface area contributed by atoms with Crippen LogP contribution in [0, 0.1) is 13.8 Å². The largest absolute Gasteiger partial charge is 0.485 e. The number of benzene rings is 3. The number of fused-ring (bicyclic) bond motifs is 1. The number of nitrogens with zero attached hydrogens (tertiary/aromatic N) is 1. The number of hydrogen-bond acceptors (Lipinski definition) is 3. The Bertz CT molecular complexity index is 1240. The van der Waals surface area contributed by atoms with Crippen molar-refractivity contribution in [2.24, 2.45) is 0 Å². The van der Waals surface area contributed by atoms with Crippen LogP contribution in [0.5, 0.6) is 5.75 Å². The molecule has 5 nitrogen and oxygen atoms in total. The fraction of sp³-hybridized carbons (Fsp3) is 0.154. The second-order valence-corrected chi connectivity index (χ2v) is 7.58. The average molecular weight is 412 g/mol. The SMILES string of the molecule is Cc1ccc(C)c(NC(=O)Cn2cc(C(=O)COc3ccccc3)c3ccccc32)c1. The second-order valence-electron chi connectivity index (χ2n) is 7.58. The van der Waals surface area contributed by atoms with Crippen molar-refractivity contribution in [2.75, 3.05) is 11.9 Å². The predicted molar refractivity (Wildman–Crippen MR) is 123 cm³/mol. The van der Waals surface area contributed by atoms with Crippen molar-refractivity contribution in [1.82, 2.24) is 4.57 Å². The summed E-state index contributed by atoms with van der Waals surface area (Å²) in [4.78, 5) is 25.6. The lowest BCUT2D eigenvalue weighted by atomic mass is 10.1. The molecule has 0 radical (unpaired) electrons. The van der Waals surface area contributed by atoms with Gasteiger partial charge in [-0.15, -0.1) is 0 Å². The zero-order valence-electron chi connectivity index (χ0n) is 17.6. The molecule has 0 unspecified atom stereocenters. The summed E-state index contributed by atoms with van der Waals surface area (Å²) in [5.41, 5.74) is 4.27. The first-order chi connectivity index (χ1) is 15.0. The molecule has 0 atom stereocenters. The standard InChI is InChI=1S/C26H24N2O3/c1-18-12-13-19(2)23(14-18)27-26(30)16-28-15-22(21-10-6-7-11-24(21)28)25(29)17-31-20-8-4-3-5-9-20/h3-15H,16-17H2,1-2H3,(H,27,30). The van der Waals surface area contributed by atoms with E-state index in [-0.39, 0.29) is 24.8 Å². The van der Waals surface area contributed by atoms with Crippen molar-refractivity contribution in [3.05, 3.63) is 95.7 Å². The van der Waals surface area contributed by atoms with Gasteiger partial charge in [0.05, 0.1) is 0 Å². The molecular formula is C26H24N2O3. The molecule has 0 aliphatic heterocycles. The van der Waals surface area contributed by atoms with Gasteiger partial charge in [-0.1, -0.05) is 48.5 Å². The Morgan fingerprint density at radius 2 is 1.68 bits per heavy atom. The summed E-state index contributed by atoms with van der Waals surface area (Å²) in [6.07, 6.45) is 1.74. The van der Waals surface area contributed by atoms with E-state index in [0.29, 0.717) is 11.3 Å². The summed E-state index contributed by atoms with van der Waals surface area (Å²) in [6.45, 7) is 4.00. The quantitative estimate of drug-likeness (QED) is 0.427. The van der Waals surface area contributed by atoms with Crippen LogP contribution in [0.4, 0.5) is 5.69 Å². The number of Topliss-reactive ketones (excluding diaryl/α,β-unsaturated/α-hetero) is 1. The zero-order chi connectivity index (χ0) is 21.8. The highest BCUT2D eigenvalue weighted by Crippen LogP contribution is 2.23. The van der Waals surface area contributed by atoms with E-state index in [1.807, 2.05) is 91.2 Å². The first kappa shape index (κ1) is 20.4. The van der Waals surface area contributed by atoms with E-state index in [1.165, 1.54) is 0 Å². The van der Waals surface area contributed by atoms with Crippen molar-refractivity contribution >= 4 is 28.3 Å². The van der Waals surface area contributed by atoms with Gasteiger partial charge in [-0.25, -0.2) is 0 Å². The number of para-hydroxylation sites is 2. The number of ketones is 1. The van der Waals surface area contributed by atoms with Crippen LogP contribution in [-0.2, 0) is 11.3 Å². The van der Waals surface area contributed by atoms with Crippen LogP contribution in [0.1, 0.15) is 21.5 Å². The lowest BCUT2D eigenvalue weighted by Crippen LogP contribution is -2.19. The maximum Gasteiger partial charge on any atom is 0.244 e. The highest BCUT2D eigenvalue weighted by molar-refractivity contribution is 6.09. The number of carbonyl (C=O) groups is 2. The molecule has 31 heavy (non-hydrogen) atoms. The van der Waals surface area contributed by atoms with Crippen LogP contribution in [0.15, 0.2) is 79.0 Å². The molecule has 4 aromatic rings. The maximum absolute atomic E-state index is 12.9. The zero-order valence-corrected chi connectivity index (χ0v) is 17.6. The number of amides is 1. The molecule has 1 N–H and O–H groups in total. The highest BCUT2D eigenvalue weighted by Gasteiger charge is 2.17. The van der Waals surface area contributed by atoms with Gasteiger partial charge in [0.15, 0.2) is 6.61 Å². The minimum absolute atomic E-state index is 0.0628. The predicted octanol–water partition coefficient (Wildman–Crippen LogP) is 5.16. The molecule has 3 aromatic carbocycles. The third-order valence-corrected chi connectivity index (χ3v) is 5.18. The summed E-state index contributed by atoms with van der Waals surface area (Å²) in [7, 11) is 0. The molecule has 156 valence electrons. The molecule has 0 fully saturated rings. The summed E-state index contributed by atoms with van der Waals surface area (Å²) in [5.74, 6) is 0.371. The first-order valence-corrected chi connectivity index (χ1v) is 10.2. The molecule has 0 saturated heterocycles. The molecule has 0 bridgehead atoms.